The molecule has 0 N–H and O–H groups in total. The lowest BCUT2D eigenvalue weighted by Gasteiger charge is -2.37. The smallest absolute Gasteiger partial charge is 0.0238 e. The average Bonchev–Trinajstić information content (AvgIpc) is 2.51. The van der Waals surface area contributed by atoms with E-state index >= 15 is 0 Å². The van der Waals surface area contributed by atoms with Crippen LogP contribution in [0.3, 0.4) is 0 Å². The van der Waals surface area contributed by atoms with Crippen molar-refractivity contribution in [3.05, 3.63) is 60.2 Å². The molecule has 0 saturated carbocycles. The highest BCUT2D eigenvalue weighted by atomic mass is 15.2. The minimum Gasteiger partial charge on any atom is -0.294 e. The van der Waals surface area contributed by atoms with Crippen LogP contribution in [0.25, 0.3) is 11.1 Å². The van der Waals surface area contributed by atoms with Crippen LogP contribution in [-0.4, -0.2) is 17.0 Å². The Morgan fingerprint density at radius 2 is 1.25 bits per heavy atom. The van der Waals surface area contributed by atoms with Crippen LogP contribution in [0.1, 0.15) is 53.5 Å². The summed E-state index contributed by atoms with van der Waals surface area (Å²) in [7, 11) is 0. The van der Waals surface area contributed by atoms with Crippen LogP contribution in [0.5, 0.6) is 0 Å². The molecule has 2 aromatic rings. The van der Waals surface area contributed by atoms with E-state index in [1.807, 2.05) is 0 Å². The van der Waals surface area contributed by atoms with Crippen molar-refractivity contribution in [3.63, 3.8) is 0 Å². The Kier molecular flexibility index (Phi) is 5.87. The molecular weight excluding hydrogens is 290 g/mol. The number of benzene rings is 2. The summed E-state index contributed by atoms with van der Waals surface area (Å²) in [6.07, 6.45) is 1.21. The van der Waals surface area contributed by atoms with Gasteiger partial charge in [-0.05, 0) is 55.8 Å². The standard InChI is InChI=1S/C23H33N/c1-22(2,3)16-17-24(23(4,5)6)18-19-12-14-21(15-13-19)20-10-8-7-9-11-20/h7-15H,16-18H2,1-6H3. The van der Waals surface area contributed by atoms with Gasteiger partial charge in [-0.2, -0.15) is 0 Å². The molecule has 0 aliphatic heterocycles. The molecule has 1 heteroatoms. The molecular formula is C23H33N. The number of rotatable bonds is 5. The first-order valence-corrected chi connectivity index (χ1v) is 9.05. The largest absolute Gasteiger partial charge is 0.294 e. The third-order valence-electron chi connectivity index (χ3n) is 4.51. The molecule has 0 fully saturated rings. The van der Waals surface area contributed by atoms with E-state index in [-0.39, 0.29) is 5.54 Å². The minimum atomic E-state index is 0.184. The Bertz CT molecular complexity index is 612. The maximum absolute atomic E-state index is 2.59. The van der Waals surface area contributed by atoms with Gasteiger partial charge < -0.3 is 0 Å². The van der Waals surface area contributed by atoms with Crippen LogP contribution in [0.15, 0.2) is 54.6 Å². The van der Waals surface area contributed by atoms with Gasteiger partial charge >= 0.3 is 0 Å². The van der Waals surface area contributed by atoms with E-state index in [0.717, 1.165) is 13.1 Å². The second kappa shape index (κ2) is 7.53. The van der Waals surface area contributed by atoms with E-state index in [4.69, 9.17) is 0 Å². The molecule has 0 aromatic heterocycles. The Morgan fingerprint density at radius 1 is 0.708 bits per heavy atom. The van der Waals surface area contributed by atoms with E-state index in [1.165, 1.54) is 23.1 Å². The average molecular weight is 324 g/mol. The predicted octanol–water partition coefficient (Wildman–Crippen LogP) is 6.39. The van der Waals surface area contributed by atoms with E-state index in [9.17, 15) is 0 Å². The summed E-state index contributed by atoms with van der Waals surface area (Å²) in [4.78, 5) is 2.59. The van der Waals surface area contributed by atoms with Gasteiger partial charge in [-0.1, -0.05) is 75.4 Å². The van der Waals surface area contributed by atoms with Crippen molar-refractivity contribution in [3.8, 4) is 11.1 Å². The third-order valence-corrected chi connectivity index (χ3v) is 4.51. The first-order valence-electron chi connectivity index (χ1n) is 9.05. The quantitative estimate of drug-likeness (QED) is 0.616. The lowest BCUT2D eigenvalue weighted by Crippen LogP contribution is -2.42. The van der Waals surface area contributed by atoms with Crippen LogP contribution < -0.4 is 0 Å². The molecule has 0 amide bonds. The van der Waals surface area contributed by atoms with Gasteiger partial charge in [-0.3, -0.25) is 4.90 Å². The molecule has 0 saturated heterocycles. The van der Waals surface area contributed by atoms with Gasteiger partial charge in [0.1, 0.15) is 0 Å². The Morgan fingerprint density at radius 3 is 1.75 bits per heavy atom. The summed E-state index contributed by atoms with van der Waals surface area (Å²) in [5, 5.41) is 0. The predicted molar refractivity (Wildman–Crippen MR) is 106 cm³/mol. The van der Waals surface area contributed by atoms with Crippen LogP contribution in [0.2, 0.25) is 0 Å². The molecule has 24 heavy (non-hydrogen) atoms. The second-order valence-electron chi connectivity index (χ2n) is 8.97. The zero-order valence-corrected chi connectivity index (χ0v) is 16.3. The first-order chi connectivity index (χ1) is 11.1. The zero-order valence-electron chi connectivity index (χ0n) is 16.3. The molecule has 0 aliphatic carbocycles. The molecule has 0 heterocycles. The minimum absolute atomic E-state index is 0.184. The van der Waals surface area contributed by atoms with E-state index in [0.29, 0.717) is 5.41 Å². The van der Waals surface area contributed by atoms with Gasteiger partial charge in [0.25, 0.3) is 0 Å². The number of hydrogen-bond acceptors (Lipinski definition) is 1. The Balaban J connectivity index is 2.09. The normalized spacial score (nSPS) is 12.6. The molecule has 1 nitrogen and oxygen atoms in total. The summed E-state index contributed by atoms with van der Waals surface area (Å²) in [6, 6.07) is 19.6. The van der Waals surface area contributed by atoms with Crippen molar-refractivity contribution in [1.29, 1.82) is 0 Å². The van der Waals surface area contributed by atoms with Gasteiger partial charge in [-0.25, -0.2) is 0 Å². The molecule has 0 spiro atoms. The summed E-state index contributed by atoms with van der Waals surface area (Å²) in [5.74, 6) is 0. The lowest BCUT2D eigenvalue weighted by atomic mass is 9.91. The molecule has 0 aliphatic rings. The van der Waals surface area contributed by atoms with E-state index in [2.05, 4.69) is 101 Å². The van der Waals surface area contributed by atoms with Crippen molar-refractivity contribution in [2.75, 3.05) is 6.54 Å². The van der Waals surface area contributed by atoms with E-state index < -0.39 is 0 Å². The SMILES string of the molecule is CC(C)(C)CCN(Cc1ccc(-c2ccccc2)cc1)C(C)(C)C. The number of hydrogen-bond donors (Lipinski definition) is 0. The fourth-order valence-corrected chi connectivity index (χ4v) is 2.78. The molecule has 0 atom stereocenters. The van der Waals surface area contributed by atoms with Crippen LogP contribution in [-0.2, 0) is 6.54 Å². The van der Waals surface area contributed by atoms with Crippen LogP contribution in [0.4, 0.5) is 0 Å². The lowest BCUT2D eigenvalue weighted by molar-refractivity contribution is 0.110. The fourth-order valence-electron chi connectivity index (χ4n) is 2.78. The molecule has 0 bridgehead atoms. The van der Waals surface area contributed by atoms with Crippen molar-refractivity contribution in [1.82, 2.24) is 4.90 Å². The highest BCUT2D eigenvalue weighted by Gasteiger charge is 2.23. The summed E-state index contributed by atoms with van der Waals surface area (Å²) in [6.45, 7) is 16.0. The Labute approximate surface area is 148 Å². The van der Waals surface area contributed by atoms with Gasteiger partial charge in [0, 0.05) is 12.1 Å². The van der Waals surface area contributed by atoms with Crippen molar-refractivity contribution < 1.29 is 0 Å². The topological polar surface area (TPSA) is 3.24 Å². The highest BCUT2D eigenvalue weighted by Crippen LogP contribution is 2.25. The van der Waals surface area contributed by atoms with Crippen molar-refractivity contribution in [2.45, 2.75) is 60.0 Å². The van der Waals surface area contributed by atoms with Gasteiger partial charge in [0.15, 0.2) is 0 Å². The monoisotopic (exact) mass is 323 g/mol. The molecule has 0 radical (unpaired) electrons. The zero-order chi connectivity index (χ0) is 17.8. The fraction of sp³-hybridized carbons (Fsp3) is 0.478. The second-order valence-corrected chi connectivity index (χ2v) is 8.97. The van der Waals surface area contributed by atoms with Crippen LogP contribution >= 0.6 is 0 Å². The summed E-state index contributed by atoms with van der Waals surface area (Å²) in [5.41, 5.74) is 4.52. The van der Waals surface area contributed by atoms with Crippen molar-refractivity contribution in [2.24, 2.45) is 5.41 Å². The van der Waals surface area contributed by atoms with Gasteiger partial charge in [0.2, 0.25) is 0 Å². The van der Waals surface area contributed by atoms with Crippen LogP contribution in [0, 0.1) is 5.41 Å². The first kappa shape index (κ1) is 18.7. The Hall–Kier alpha value is -1.60. The maximum Gasteiger partial charge on any atom is 0.0238 e. The van der Waals surface area contributed by atoms with Crippen molar-refractivity contribution >= 4 is 0 Å². The molecule has 130 valence electrons. The van der Waals surface area contributed by atoms with E-state index in [1.54, 1.807) is 0 Å². The highest BCUT2D eigenvalue weighted by molar-refractivity contribution is 5.63. The molecule has 2 rings (SSSR count). The molecule has 2 aromatic carbocycles. The van der Waals surface area contributed by atoms with Gasteiger partial charge in [0.05, 0.1) is 0 Å². The summed E-state index contributed by atoms with van der Waals surface area (Å²) >= 11 is 0. The third kappa shape index (κ3) is 5.79. The molecule has 0 unspecified atom stereocenters. The number of nitrogens with zero attached hydrogens (tertiary/aromatic N) is 1. The van der Waals surface area contributed by atoms with Gasteiger partial charge in [-0.15, -0.1) is 0 Å². The summed E-state index contributed by atoms with van der Waals surface area (Å²) < 4.78 is 0. The maximum atomic E-state index is 2.59.